The minimum absolute atomic E-state index is 0.0628. The maximum atomic E-state index is 11.8. The van der Waals surface area contributed by atoms with Gasteiger partial charge in [-0.25, -0.2) is 4.79 Å². The number of halogens is 2. The minimum atomic E-state index is -1.29. The van der Waals surface area contributed by atoms with Crippen LogP contribution in [0.5, 0.6) is 11.5 Å². The first-order valence-electron chi connectivity index (χ1n) is 5.98. The molecule has 114 valence electrons. The van der Waals surface area contributed by atoms with E-state index < -0.39 is 15.9 Å². The van der Waals surface area contributed by atoms with Gasteiger partial charge in [-0.3, -0.25) is 10.1 Å². The number of nitrogens with zero attached hydrogens (tertiary/aromatic N) is 1. The SMILES string of the molecule is O=C(OC(Cl)Cl)c1ccccc1Oc1ccc([N+](=O)[O-])cc1. The lowest BCUT2D eigenvalue weighted by atomic mass is 10.2. The van der Waals surface area contributed by atoms with Gasteiger partial charge in [0.05, 0.1) is 4.92 Å². The highest BCUT2D eigenvalue weighted by atomic mass is 35.5. The summed E-state index contributed by atoms with van der Waals surface area (Å²) in [6.07, 6.45) is 0. The second-order valence-corrected chi connectivity index (χ2v) is 5.03. The molecular weight excluding hydrogens is 333 g/mol. The number of esters is 1. The lowest BCUT2D eigenvalue weighted by molar-refractivity contribution is -0.384. The number of nitro groups is 1. The molecule has 0 aliphatic carbocycles. The van der Waals surface area contributed by atoms with Crippen molar-refractivity contribution in [2.45, 2.75) is 5.02 Å². The van der Waals surface area contributed by atoms with Gasteiger partial charge in [-0.1, -0.05) is 35.3 Å². The van der Waals surface area contributed by atoms with Crippen LogP contribution >= 0.6 is 23.2 Å². The van der Waals surface area contributed by atoms with Crippen molar-refractivity contribution in [1.82, 2.24) is 0 Å². The highest BCUT2D eigenvalue weighted by Crippen LogP contribution is 2.27. The Kier molecular flexibility index (Phi) is 5.19. The highest BCUT2D eigenvalue weighted by molar-refractivity contribution is 6.43. The Morgan fingerprint density at radius 2 is 1.73 bits per heavy atom. The molecule has 0 aromatic heterocycles. The molecule has 8 heteroatoms. The Hall–Kier alpha value is -2.31. The third-order valence-corrected chi connectivity index (χ3v) is 2.76. The highest BCUT2D eigenvalue weighted by Gasteiger charge is 2.17. The molecule has 0 heterocycles. The molecule has 0 amide bonds. The van der Waals surface area contributed by atoms with Gasteiger partial charge in [0.25, 0.3) is 10.7 Å². The number of carbonyl (C=O) groups is 1. The van der Waals surface area contributed by atoms with E-state index in [9.17, 15) is 14.9 Å². The molecule has 0 atom stereocenters. The molecule has 0 saturated heterocycles. The smallest absolute Gasteiger partial charge is 0.344 e. The van der Waals surface area contributed by atoms with Crippen LogP contribution < -0.4 is 4.74 Å². The molecule has 0 spiro atoms. The molecule has 0 unspecified atom stereocenters. The third-order valence-electron chi connectivity index (χ3n) is 2.58. The van der Waals surface area contributed by atoms with E-state index >= 15 is 0 Å². The van der Waals surface area contributed by atoms with Gasteiger partial charge in [0.15, 0.2) is 0 Å². The Labute approximate surface area is 135 Å². The molecule has 6 nitrogen and oxygen atoms in total. The Morgan fingerprint density at radius 1 is 1.09 bits per heavy atom. The third kappa shape index (κ3) is 4.09. The average Bonchev–Trinajstić information content (AvgIpc) is 2.47. The van der Waals surface area contributed by atoms with Crippen molar-refractivity contribution in [2.75, 3.05) is 0 Å². The normalized spacial score (nSPS) is 10.3. The number of para-hydroxylation sites is 1. The second kappa shape index (κ2) is 7.11. The zero-order chi connectivity index (χ0) is 16.1. The quantitative estimate of drug-likeness (QED) is 0.350. The lowest BCUT2D eigenvalue weighted by Gasteiger charge is -2.11. The summed E-state index contributed by atoms with van der Waals surface area (Å²) in [4.78, 5) is 21.9. The molecule has 22 heavy (non-hydrogen) atoms. The number of carbonyl (C=O) groups excluding carboxylic acids is 1. The van der Waals surface area contributed by atoms with E-state index in [1.54, 1.807) is 18.2 Å². The Morgan fingerprint density at radius 3 is 2.32 bits per heavy atom. The number of ether oxygens (including phenoxy) is 2. The van der Waals surface area contributed by atoms with Gasteiger partial charge in [-0.2, -0.15) is 0 Å². The zero-order valence-electron chi connectivity index (χ0n) is 10.9. The van der Waals surface area contributed by atoms with Crippen molar-refractivity contribution in [3.8, 4) is 11.5 Å². The second-order valence-electron chi connectivity index (χ2n) is 4.02. The van der Waals surface area contributed by atoms with Crippen molar-refractivity contribution in [3.05, 3.63) is 64.2 Å². The van der Waals surface area contributed by atoms with Gasteiger partial charge in [-0.05, 0) is 24.3 Å². The largest absolute Gasteiger partial charge is 0.456 e. The molecule has 2 aromatic rings. The lowest BCUT2D eigenvalue weighted by Crippen LogP contribution is -2.09. The average molecular weight is 342 g/mol. The summed E-state index contributed by atoms with van der Waals surface area (Å²) >= 11 is 10.8. The van der Waals surface area contributed by atoms with Crippen LogP contribution in [0.4, 0.5) is 5.69 Å². The summed E-state index contributed by atoms with van der Waals surface area (Å²) in [6, 6.07) is 11.8. The maximum absolute atomic E-state index is 11.8. The summed E-state index contributed by atoms with van der Waals surface area (Å²) < 4.78 is 10.2. The molecule has 0 saturated carbocycles. The van der Waals surface area contributed by atoms with Gasteiger partial charge in [-0.15, -0.1) is 0 Å². The van der Waals surface area contributed by atoms with Crippen LogP contribution in [0.25, 0.3) is 0 Å². The summed E-state index contributed by atoms with van der Waals surface area (Å²) in [5.74, 6) is -0.193. The van der Waals surface area contributed by atoms with Crippen molar-refractivity contribution < 1.29 is 19.2 Å². The number of benzene rings is 2. The van der Waals surface area contributed by atoms with Crippen molar-refractivity contribution in [1.29, 1.82) is 0 Å². The van der Waals surface area contributed by atoms with E-state index in [2.05, 4.69) is 4.74 Å². The van der Waals surface area contributed by atoms with Gasteiger partial charge >= 0.3 is 5.97 Å². The van der Waals surface area contributed by atoms with Crippen molar-refractivity contribution in [2.24, 2.45) is 0 Å². The summed E-state index contributed by atoms with van der Waals surface area (Å²) in [5.41, 5.74) is 0.0688. The monoisotopic (exact) mass is 341 g/mol. The van der Waals surface area contributed by atoms with Crippen LogP contribution in [0.3, 0.4) is 0 Å². The van der Waals surface area contributed by atoms with Gasteiger partial charge in [0, 0.05) is 12.1 Å². The van der Waals surface area contributed by atoms with E-state index in [1.165, 1.54) is 30.3 Å². The Bertz CT molecular complexity index is 688. The fourth-order valence-electron chi connectivity index (χ4n) is 1.63. The molecule has 2 rings (SSSR count). The number of nitro benzene ring substituents is 1. The molecule has 0 aliphatic rings. The number of alkyl halides is 2. The van der Waals surface area contributed by atoms with E-state index in [0.29, 0.717) is 5.75 Å². The van der Waals surface area contributed by atoms with E-state index in [-0.39, 0.29) is 17.0 Å². The van der Waals surface area contributed by atoms with E-state index in [4.69, 9.17) is 27.9 Å². The van der Waals surface area contributed by atoms with E-state index in [1.807, 2.05) is 0 Å². The van der Waals surface area contributed by atoms with Gasteiger partial charge in [0.1, 0.15) is 17.1 Å². The number of non-ortho nitro benzene ring substituents is 1. The fourth-order valence-corrected chi connectivity index (χ4v) is 1.79. The van der Waals surface area contributed by atoms with Crippen LogP contribution in [0.1, 0.15) is 10.4 Å². The molecule has 0 radical (unpaired) electrons. The Balaban J connectivity index is 2.22. The molecule has 0 fully saturated rings. The summed E-state index contributed by atoms with van der Waals surface area (Å²) in [7, 11) is 0. The van der Waals surface area contributed by atoms with E-state index in [0.717, 1.165) is 0 Å². The first-order chi connectivity index (χ1) is 10.5. The van der Waals surface area contributed by atoms with Gasteiger partial charge in [0.2, 0.25) is 0 Å². The van der Waals surface area contributed by atoms with Crippen molar-refractivity contribution in [3.63, 3.8) is 0 Å². The van der Waals surface area contributed by atoms with Crippen LogP contribution in [-0.4, -0.2) is 15.9 Å². The number of hydrogen-bond donors (Lipinski definition) is 0. The summed E-state index contributed by atoms with van der Waals surface area (Å²) in [6.45, 7) is 0. The standard InChI is InChI=1S/C14H9Cl2NO5/c15-14(16)22-13(18)11-3-1-2-4-12(11)21-10-7-5-9(6-8-10)17(19)20/h1-8,14H. The predicted molar refractivity (Wildman–Crippen MR) is 80.5 cm³/mol. The van der Waals surface area contributed by atoms with Crippen molar-refractivity contribution >= 4 is 34.9 Å². The molecule has 2 aromatic carbocycles. The summed E-state index contributed by atoms with van der Waals surface area (Å²) in [5, 5.41) is 9.30. The number of rotatable bonds is 5. The van der Waals surface area contributed by atoms with Crippen LogP contribution in [0.2, 0.25) is 0 Å². The first-order valence-corrected chi connectivity index (χ1v) is 6.85. The molecular formula is C14H9Cl2NO5. The molecule has 0 bridgehead atoms. The predicted octanol–water partition coefficient (Wildman–Crippen LogP) is 4.31. The van der Waals surface area contributed by atoms with Crippen LogP contribution in [0, 0.1) is 10.1 Å². The fraction of sp³-hybridized carbons (Fsp3) is 0.0714. The zero-order valence-corrected chi connectivity index (χ0v) is 12.5. The number of hydrogen-bond acceptors (Lipinski definition) is 5. The topological polar surface area (TPSA) is 78.7 Å². The van der Waals surface area contributed by atoms with Gasteiger partial charge < -0.3 is 9.47 Å². The molecule has 0 aliphatic heterocycles. The first kappa shape index (κ1) is 16.1. The maximum Gasteiger partial charge on any atom is 0.344 e. The molecule has 0 N–H and O–H groups in total. The minimum Gasteiger partial charge on any atom is -0.456 e. The van der Waals surface area contributed by atoms with Crippen LogP contribution in [-0.2, 0) is 4.74 Å². The van der Waals surface area contributed by atoms with Crippen LogP contribution in [0.15, 0.2) is 48.5 Å².